The zero-order valence-electron chi connectivity index (χ0n) is 17.6. The minimum absolute atomic E-state index is 0.0958. The van der Waals surface area contributed by atoms with E-state index >= 15 is 0 Å². The molecule has 1 aliphatic carbocycles. The van der Waals surface area contributed by atoms with Gasteiger partial charge in [0.1, 0.15) is 6.04 Å². The number of hydrogen-bond acceptors (Lipinski definition) is 2. The fraction of sp³-hybridized carbons (Fsp3) is 0.480. The molecule has 29 heavy (non-hydrogen) atoms. The number of carbonyl (C=O) groups excluding carboxylic acids is 1. The van der Waals surface area contributed by atoms with Crippen molar-refractivity contribution in [1.29, 1.82) is 0 Å². The van der Waals surface area contributed by atoms with E-state index in [1.54, 1.807) is 4.90 Å². The number of carbonyl (C=O) groups is 1. The Labute approximate surface area is 184 Å². The van der Waals surface area contributed by atoms with Crippen LogP contribution < -0.4 is 5.32 Å². The summed E-state index contributed by atoms with van der Waals surface area (Å²) in [6.07, 6.45) is 8.55. The highest BCUT2D eigenvalue weighted by Crippen LogP contribution is 2.35. The smallest absolute Gasteiger partial charge is 0.244 e. The average Bonchev–Trinajstić information content (AvgIpc) is 2.71. The monoisotopic (exact) mass is 456 g/mol. The second kappa shape index (κ2) is 10.8. The van der Waals surface area contributed by atoms with Gasteiger partial charge in [0.05, 0.1) is 0 Å². The number of amides is 1. The lowest BCUT2D eigenvalue weighted by Gasteiger charge is -2.26. The van der Waals surface area contributed by atoms with Gasteiger partial charge in [-0.2, -0.15) is 0 Å². The first-order valence-corrected chi connectivity index (χ1v) is 11.7. The van der Waals surface area contributed by atoms with E-state index in [4.69, 9.17) is 0 Å². The maximum atomic E-state index is 12.7. The molecule has 3 unspecified atom stereocenters. The third-order valence-corrected chi connectivity index (χ3v) is 6.98. The highest BCUT2D eigenvalue weighted by atomic mass is 79.9. The maximum Gasteiger partial charge on any atom is 0.244 e. The van der Waals surface area contributed by atoms with Gasteiger partial charge in [-0.3, -0.25) is 4.79 Å². The van der Waals surface area contributed by atoms with Gasteiger partial charge >= 0.3 is 0 Å². The van der Waals surface area contributed by atoms with Crippen LogP contribution in [0, 0.1) is 0 Å². The number of likely N-dealkylation sites (N-methyl/N-ethyl adjacent to an activating group) is 1. The number of nitrogens with zero attached hydrogens (tertiary/aromatic N) is 1. The van der Waals surface area contributed by atoms with Gasteiger partial charge in [-0.05, 0) is 42.0 Å². The standard InChI is InChI=1S/C25H33BrN2O/c1-28(2)25(29)24(27-21-10-6-5-7-11-21)18-19-14-16-20(17-15-19)22-12-8-3-4-9-13-23(22)26/h5-7,10-11,14-17,22-24,27H,3-4,8-9,12-13,18H2,1-2H3. The number of nitrogens with one attached hydrogen (secondary N) is 1. The fourth-order valence-electron chi connectivity index (χ4n) is 4.20. The summed E-state index contributed by atoms with van der Waals surface area (Å²) in [5.74, 6) is 0.685. The van der Waals surface area contributed by atoms with E-state index in [1.807, 2.05) is 44.4 Å². The molecule has 3 atom stereocenters. The second-order valence-corrected chi connectivity index (χ2v) is 9.53. The Kier molecular flexibility index (Phi) is 8.17. The minimum Gasteiger partial charge on any atom is -0.373 e. The molecule has 0 saturated heterocycles. The van der Waals surface area contributed by atoms with Gasteiger partial charge in [-0.25, -0.2) is 0 Å². The molecule has 0 radical (unpaired) electrons. The van der Waals surface area contributed by atoms with E-state index in [1.165, 1.54) is 49.7 Å². The van der Waals surface area contributed by atoms with Gasteiger partial charge in [0.2, 0.25) is 5.91 Å². The van der Waals surface area contributed by atoms with Gasteiger partial charge in [-0.1, -0.05) is 84.1 Å². The number of rotatable bonds is 6. The van der Waals surface area contributed by atoms with E-state index in [0.717, 1.165) is 5.69 Å². The molecule has 0 spiro atoms. The molecule has 1 aliphatic rings. The normalized spacial score (nSPS) is 20.9. The molecule has 3 nitrogen and oxygen atoms in total. The molecule has 0 aliphatic heterocycles. The Balaban J connectivity index is 1.71. The number of halogens is 1. The summed E-state index contributed by atoms with van der Waals surface area (Å²) >= 11 is 3.95. The summed E-state index contributed by atoms with van der Waals surface area (Å²) in [6, 6.07) is 18.6. The van der Waals surface area contributed by atoms with Gasteiger partial charge < -0.3 is 10.2 Å². The lowest BCUT2D eigenvalue weighted by Crippen LogP contribution is -2.40. The van der Waals surface area contributed by atoms with Crippen molar-refractivity contribution in [3.8, 4) is 0 Å². The number of benzene rings is 2. The number of alkyl halides is 1. The van der Waals surface area contributed by atoms with Crippen LogP contribution in [-0.2, 0) is 11.2 Å². The van der Waals surface area contributed by atoms with Crippen LogP contribution in [0.3, 0.4) is 0 Å². The largest absolute Gasteiger partial charge is 0.373 e. The van der Waals surface area contributed by atoms with E-state index in [0.29, 0.717) is 17.2 Å². The highest BCUT2D eigenvalue weighted by molar-refractivity contribution is 9.09. The van der Waals surface area contributed by atoms with E-state index in [2.05, 4.69) is 45.5 Å². The fourth-order valence-corrected chi connectivity index (χ4v) is 5.09. The van der Waals surface area contributed by atoms with Crippen molar-refractivity contribution in [1.82, 2.24) is 4.90 Å². The van der Waals surface area contributed by atoms with Crippen LogP contribution in [0.15, 0.2) is 54.6 Å². The number of para-hydroxylation sites is 1. The summed E-state index contributed by atoms with van der Waals surface area (Å²) in [6.45, 7) is 0. The molecular formula is C25H33BrN2O. The molecule has 2 aromatic carbocycles. The van der Waals surface area contributed by atoms with Gasteiger partial charge in [0.15, 0.2) is 0 Å². The predicted octanol–water partition coefficient (Wildman–Crippen LogP) is 6.00. The first kappa shape index (κ1) is 21.9. The topological polar surface area (TPSA) is 32.3 Å². The number of anilines is 1. The number of hydrogen-bond donors (Lipinski definition) is 1. The minimum atomic E-state index is -0.274. The van der Waals surface area contributed by atoms with E-state index < -0.39 is 0 Å². The molecule has 2 aromatic rings. The van der Waals surface area contributed by atoms with Crippen LogP contribution in [0.1, 0.15) is 55.6 Å². The lowest BCUT2D eigenvalue weighted by molar-refractivity contribution is -0.129. The van der Waals surface area contributed by atoms with E-state index in [-0.39, 0.29) is 11.9 Å². The first-order chi connectivity index (χ1) is 14.0. The van der Waals surface area contributed by atoms with Crippen molar-refractivity contribution in [2.45, 2.75) is 61.7 Å². The summed E-state index contributed by atoms with van der Waals surface area (Å²) in [7, 11) is 3.63. The first-order valence-electron chi connectivity index (χ1n) is 10.8. The Hall–Kier alpha value is -1.81. The molecular weight excluding hydrogens is 424 g/mol. The zero-order valence-corrected chi connectivity index (χ0v) is 19.2. The second-order valence-electron chi connectivity index (χ2n) is 8.36. The van der Waals surface area contributed by atoms with Crippen LogP contribution in [0.2, 0.25) is 0 Å². The molecule has 1 saturated carbocycles. The van der Waals surface area contributed by atoms with Crippen molar-refractivity contribution in [2.75, 3.05) is 19.4 Å². The SMILES string of the molecule is CN(C)C(=O)C(Cc1ccc(C2CCCCCCC2Br)cc1)Nc1ccccc1. The van der Waals surface area contributed by atoms with Crippen LogP contribution in [0.5, 0.6) is 0 Å². The zero-order chi connectivity index (χ0) is 20.6. The lowest BCUT2D eigenvalue weighted by atomic mass is 9.85. The molecule has 156 valence electrons. The highest BCUT2D eigenvalue weighted by Gasteiger charge is 2.23. The van der Waals surface area contributed by atoms with E-state index in [9.17, 15) is 4.79 Å². The molecule has 4 heteroatoms. The van der Waals surface area contributed by atoms with Crippen molar-refractivity contribution < 1.29 is 4.79 Å². The summed E-state index contributed by atoms with van der Waals surface area (Å²) < 4.78 is 0. The molecule has 0 aromatic heterocycles. The third kappa shape index (κ3) is 6.33. The maximum absolute atomic E-state index is 12.7. The Bertz CT molecular complexity index is 760. The molecule has 0 heterocycles. The van der Waals surface area contributed by atoms with Crippen LogP contribution in [0.25, 0.3) is 0 Å². The summed E-state index contributed by atoms with van der Waals surface area (Å²) in [5.41, 5.74) is 3.58. The molecule has 0 bridgehead atoms. The van der Waals surface area contributed by atoms with Crippen LogP contribution >= 0.6 is 15.9 Å². The Morgan fingerprint density at radius 3 is 2.31 bits per heavy atom. The van der Waals surface area contributed by atoms with Crippen molar-refractivity contribution >= 4 is 27.5 Å². The van der Waals surface area contributed by atoms with Crippen molar-refractivity contribution in [3.05, 3.63) is 65.7 Å². The Morgan fingerprint density at radius 1 is 1.00 bits per heavy atom. The summed E-state index contributed by atoms with van der Waals surface area (Å²) in [4.78, 5) is 15.0. The predicted molar refractivity (Wildman–Crippen MR) is 126 cm³/mol. The quantitative estimate of drug-likeness (QED) is 0.540. The molecule has 3 rings (SSSR count). The van der Waals surface area contributed by atoms with Gasteiger partial charge in [0.25, 0.3) is 0 Å². The van der Waals surface area contributed by atoms with Gasteiger partial charge in [-0.15, -0.1) is 0 Å². The third-order valence-electron chi connectivity index (χ3n) is 5.88. The van der Waals surface area contributed by atoms with Crippen LogP contribution in [0.4, 0.5) is 5.69 Å². The average molecular weight is 457 g/mol. The van der Waals surface area contributed by atoms with Crippen molar-refractivity contribution in [3.63, 3.8) is 0 Å². The molecule has 1 fully saturated rings. The summed E-state index contributed by atoms with van der Waals surface area (Å²) in [5, 5.41) is 3.41. The molecule has 1 amide bonds. The molecule has 1 N–H and O–H groups in total. The Morgan fingerprint density at radius 2 is 1.66 bits per heavy atom. The van der Waals surface area contributed by atoms with Crippen molar-refractivity contribution in [2.24, 2.45) is 0 Å². The van der Waals surface area contributed by atoms with Crippen LogP contribution in [-0.4, -0.2) is 35.8 Å². The van der Waals surface area contributed by atoms with Gasteiger partial charge in [0, 0.05) is 31.0 Å².